The minimum absolute atomic E-state index is 0.427. The summed E-state index contributed by atoms with van der Waals surface area (Å²) in [6.07, 6.45) is 0. The molecule has 0 aliphatic heterocycles. The summed E-state index contributed by atoms with van der Waals surface area (Å²) < 4.78 is 12.6. The van der Waals surface area contributed by atoms with Crippen LogP contribution in [-0.2, 0) is 29.9 Å². The van der Waals surface area contributed by atoms with Crippen molar-refractivity contribution in [1.82, 2.24) is 0 Å². The summed E-state index contributed by atoms with van der Waals surface area (Å²) in [5.74, 6) is -0.853. The molecule has 0 heterocycles. The molecule has 28 aromatic rings. The van der Waals surface area contributed by atoms with Crippen LogP contribution in [0.1, 0.15) is 22.3 Å². The Hall–Kier alpha value is -8.60. The van der Waals surface area contributed by atoms with Crippen molar-refractivity contribution in [1.29, 1.82) is 0 Å². The fourth-order valence-corrected chi connectivity index (χ4v) is 25.6. The van der Waals surface area contributed by atoms with Crippen LogP contribution in [0.4, 0.5) is 0 Å². The topological polar surface area (TPSA) is 52.6 Å². The highest BCUT2D eigenvalue weighted by Crippen LogP contribution is 2.96. The molecule has 1 saturated carbocycles. The fraction of sp³-hybridized carbons (Fsp3) is 0.0769. The minimum atomic E-state index is -1.65. The molecular formula is C65H6O4. The second-order valence-corrected chi connectivity index (χ2v) is 25.0. The first-order valence-corrected chi connectivity index (χ1v) is 25.1. The molecule has 5 aliphatic rings. The molecule has 0 bridgehead atoms. The Morgan fingerprint density at radius 3 is 0.493 bits per heavy atom. The molecule has 33 rings (SSSR count). The van der Waals surface area contributed by atoms with Crippen LogP contribution >= 0.6 is 0 Å². The van der Waals surface area contributed by atoms with Crippen LogP contribution < -0.4 is 0 Å². The maximum absolute atomic E-state index is 16.2. The lowest BCUT2D eigenvalue weighted by Gasteiger charge is -2.30. The second kappa shape index (κ2) is 5.53. The van der Waals surface area contributed by atoms with Gasteiger partial charge in [-0.15, -0.1) is 0 Å². The van der Waals surface area contributed by atoms with Crippen LogP contribution in [0, 0.1) is 5.41 Å². The van der Waals surface area contributed by atoms with Crippen LogP contribution in [0.15, 0.2) is 0 Å². The van der Waals surface area contributed by atoms with Crippen molar-refractivity contribution in [2.45, 2.75) is 10.8 Å². The lowest BCUT2D eigenvalue weighted by Crippen LogP contribution is -2.39. The normalized spacial score (nSPS) is 23.0. The van der Waals surface area contributed by atoms with E-state index in [4.69, 9.17) is 9.47 Å². The summed E-state index contributed by atoms with van der Waals surface area (Å²) in [4.78, 5) is 32.5. The van der Waals surface area contributed by atoms with Crippen molar-refractivity contribution >= 4 is 303 Å². The first-order chi connectivity index (χ1) is 34.2. The van der Waals surface area contributed by atoms with E-state index < -0.39 is 28.2 Å². The van der Waals surface area contributed by atoms with Gasteiger partial charge in [0.1, 0.15) is 0 Å². The van der Waals surface area contributed by atoms with Crippen molar-refractivity contribution in [2.24, 2.45) is 5.41 Å². The molecular weight excluding hydrogens is 845 g/mol. The van der Waals surface area contributed by atoms with E-state index in [-0.39, 0.29) is 0 Å². The van der Waals surface area contributed by atoms with Crippen molar-refractivity contribution in [3.05, 3.63) is 22.3 Å². The number of hydrogen-bond donors (Lipinski definition) is 0. The van der Waals surface area contributed by atoms with Gasteiger partial charge in [0.25, 0.3) is 0 Å². The molecule has 2 spiro atoms. The Morgan fingerprint density at radius 2 is 0.319 bits per heavy atom. The number of rotatable bonds is 2. The second-order valence-electron chi connectivity index (χ2n) is 25.0. The Kier molecular flexibility index (Phi) is 2.04. The summed E-state index contributed by atoms with van der Waals surface area (Å²) in [6.45, 7) is 0. The zero-order valence-electron chi connectivity index (χ0n) is 35.1. The number of carbonyl (C=O) groups excluding carboxylic acids is 2. The molecule has 28 aromatic carbocycles. The molecule has 2 atom stereocenters. The summed E-state index contributed by atoms with van der Waals surface area (Å²) in [6, 6.07) is 0. The number of methoxy groups -OCH3 is 2. The highest BCUT2D eigenvalue weighted by Gasteiger charge is 3.02. The van der Waals surface area contributed by atoms with E-state index in [1.807, 2.05) is 0 Å². The summed E-state index contributed by atoms with van der Waals surface area (Å²) in [5.41, 5.74) is 1.36. The Morgan fingerprint density at radius 1 is 0.203 bits per heavy atom. The Bertz CT molecular complexity index is 7000. The van der Waals surface area contributed by atoms with Crippen molar-refractivity contribution in [2.75, 3.05) is 14.2 Å². The Balaban J connectivity index is 1.23. The highest BCUT2D eigenvalue weighted by atomic mass is 16.5. The summed E-state index contributed by atoms with van der Waals surface area (Å²) >= 11 is 0. The number of hydrogen-bond acceptors (Lipinski definition) is 4. The average Bonchev–Trinajstić information content (AvgIpc) is 4.22. The van der Waals surface area contributed by atoms with Gasteiger partial charge in [-0.1, -0.05) is 0 Å². The molecule has 0 saturated heterocycles. The average molecular weight is 851 g/mol. The van der Waals surface area contributed by atoms with Gasteiger partial charge in [0.05, 0.1) is 25.0 Å². The maximum Gasteiger partial charge on any atom is 0.325 e. The smallest absolute Gasteiger partial charge is 0.325 e. The lowest BCUT2D eigenvalue weighted by atomic mass is 9.69. The van der Waals surface area contributed by atoms with Crippen LogP contribution in [0.25, 0.3) is 291 Å². The zero-order valence-corrected chi connectivity index (χ0v) is 35.1. The monoisotopic (exact) mass is 850 g/mol. The summed E-state index contributed by atoms with van der Waals surface area (Å²) in [5, 5.41) is 80.1. The van der Waals surface area contributed by atoms with Crippen LogP contribution in [0.3, 0.4) is 0 Å². The molecule has 5 aliphatic carbocycles. The molecule has 0 amide bonds. The molecule has 0 N–H and O–H groups in total. The van der Waals surface area contributed by atoms with E-state index in [0.717, 1.165) is 0 Å². The number of benzene rings is 17. The lowest BCUT2D eigenvalue weighted by molar-refractivity contribution is -0.163. The Labute approximate surface area is 372 Å². The van der Waals surface area contributed by atoms with Crippen LogP contribution in [-0.4, -0.2) is 26.2 Å². The van der Waals surface area contributed by atoms with Gasteiger partial charge in [-0.25, -0.2) is 0 Å². The largest absolute Gasteiger partial charge is 0.468 e. The van der Waals surface area contributed by atoms with Gasteiger partial charge >= 0.3 is 11.9 Å². The number of ether oxygens (including phenoxy) is 2. The van der Waals surface area contributed by atoms with E-state index >= 15 is 9.59 Å². The van der Waals surface area contributed by atoms with E-state index in [2.05, 4.69) is 0 Å². The molecule has 0 aromatic heterocycles. The van der Waals surface area contributed by atoms with Gasteiger partial charge in [-0.3, -0.25) is 9.59 Å². The van der Waals surface area contributed by atoms with Crippen molar-refractivity contribution < 1.29 is 19.1 Å². The quantitative estimate of drug-likeness (QED) is 0.0988. The molecule has 0 radical (unpaired) electrons. The van der Waals surface area contributed by atoms with Crippen LogP contribution in [0.2, 0.25) is 0 Å². The third-order valence-electron chi connectivity index (χ3n) is 25.4. The van der Waals surface area contributed by atoms with Gasteiger partial charge < -0.3 is 9.47 Å². The fourth-order valence-electron chi connectivity index (χ4n) is 25.6. The van der Waals surface area contributed by atoms with E-state index in [1.54, 1.807) is 78.9 Å². The highest BCUT2D eigenvalue weighted by molar-refractivity contribution is 6.82. The number of carbonyl (C=O) groups is 2. The van der Waals surface area contributed by atoms with Gasteiger partial charge in [-0.2, -0.15) is 0 Å². The molecule has 2 unspecified atom stereocenters. The molecule has 4 heteroatoms. The molecule has 69 heavy (non-hydrogen) atoms. The number of esters is 2. The van der Waals surface area contributed by atoms with Gasteiger partial charge in [0.15, 0.2) is 5.41 Å². The zero-order chi connectivity index (χ0) is 41.6. The predicted octanol–water partition coefficient (Wildman–Crippen LogP) is 15.6. The van der Waals surface area contributed by atoms with Crippen molar-refractivity contribution in [3.63, 3.8) is 0 Å². The third-order valence-corrected chi connectivity index (χ3v) is 25.4. The van der Waals surface area contributed by atoms with E-state index in [1.165, 1.54) is 248 Å². The first-order valence-electron chi connectivity index (χ1n) is 25.1. The predicted molar refractivity (Wildman–Crippen MR) is 280 cm³/mol. The standard InChI is InChI=1S/C65H6O4/c1-68-61(66)65(62(67)69-2)63-57-50-43-31-23-14-5-3-4-6-9(5)18-25(23)33-34-26(18)24-15(6)17-13-8(4)11-10-7(3)12-16(14)29(31)37-35-21(12)19(10)27-28-20(11)22(13)36-38-30(17)32(24)44-46(34)55(54(57)45(33)43)58-51(44)49(38)53-42(36)40(28)47-39(27)41(35)52(48(37)50)59(63)56(47)60(53)64(58,63)65/h1-2H3. The first kappa shape index (κ1) is 25.5. The minimum Gasteiger partial charge on any atom is -0.468 e. The van der Waals surface area contributed by atoms with E-state index in [0.29, 0.717) is 0 Å². The maximum atomic E-state index is 16.2. The van der Waals surface area contributed by atoms with Gasteiger partial charge in [-0.05, 0) is 313 Å². The SMILES string of the molecule is COC(=O)C1(C(=O)OC)C23c4c5c6c7c8c9c(c%10c%11c2c2c%12c4c4c%13c5c5c7c7c8c8c%14c9c%10c9c%10c%11c2c2c%11c%12c4c4c%12c%13c5c5c7c7c8c8c%14c9c9c%10c2c2c%11c4c4c%12c5c7c5c8c9c2c45)C613. The van der Waals surface area contributed by atoms with Gasteiger partial charge in [0, 0.05) is 0 Å². The molecule has 1 fully saturated rings. The molecule has 4 nitrogen and oxygen atoms in total. The third kappa shape index (κ3) is 1.25. The van der Waals surface area contributed by atoms with Crippen molar-refractivity contribution in [3.8, 4) is 0 Å². The molecule has 290 valence electrons. The summed E-state index contributed by atoms with van der Waals surface area (Å²) in [7, 11) is 3.08. The van der Waals surface area contributed by atoms with E-state index in [9.17, 15) is 0 Å². The van der Waals surface area contributed by atoms with Gasteiger partial charge in [0.2, 0.25) is 0 Å². The van der Waals surface area contributed by atoms with Crippen LogP contribution in [0.5, 0.6) is 0 Å².